The minimum atomic E-state index is -0.940. The third kappa shape index (κ3) is 4.11. The molecule has 0 spiro atoms. The zero-order valence-corrected chi connectivity index (χ0v) is 11.9. The lowest BCUT2D eigenvalue weighted by atomic mass is 10.2. The SMILES string of the molecule is Cc1ccc(C(=O)O)c(NCCN2CCSCC2)n1. The van der Waals surface area contributed by atoms with Gasteiger partial charge in [-0.25, -0.2) is 9.78 Å². The maximum absolute atomic E-state index is 11.1. The molecule has 2 N–H and O–H groups in total. The lowest BCUT2D eigenvalue weighted by Gasteiger charge is -2.26. The van der Waals surface area contributed by atoms with Crippen LogP contribution in [0.2, 0.25) is 0 Å². The lowest BCUT2D eigenvalue weighted by Crippen LogP contribution is -2.36. The molecule has 0 radical (unpaired) electrons. The van der Waals surface area contributed by atoms with Gasteiger partial charge in [0.2, 0.25) is 0 Å². The molecule has 1 aromatic heterocycles. The number of nitrogens with one attached hydrogen (secondary N) is 1. The third-order valence-electron chi connectivity index (χ3n) is 3.09. The Bertz CT molecular complexity index is 448. The van der Waals surface area contributed by atoms with E-state index in [0.717, 1.165) is 31.9 Å². The van der Waals surface area contributed by atoms with Crippen LogP contribution in [0.5, 0.6) is 0 Å². The normalized spacial score (nSPS) is 16.3. The van der Waals surface area contributed by atoms with Gasteiger partial charge in [-0.2, -0.15) is 11.8 Å². The number of anilines is 1. The number of carboxylic acids is 1. The molecule has 0 aromatic carbocycles. The monoisotopic (exact) mass is 281 g/mol. The van der Waals surface area contributed by atoms with Crippen LogP contribution >= 0.6 is 11.8 Å². The van der Waals surface area contributed by atoms with Crippen molar-refractivity contribution >= 4 is 23.5 Å². The standard InChI is InChI=1S/C13H19N3O2S/c1-10-2-3-11(13(17)18)12(15-10)14-4-5-16-6-8-19-9-7-16/h2-3H,4-9H2,1H3,(H,14,15)(H,17,18). The number of aromatic carboxylic acids is 1. The molecule has 104 valence electrons. The van der Waals surface area contributed by atoms with E-state index in [1.54, 1.807) is 12.1 Å². The maximum Gasteiger partial charge on any atom is 0.339 e. The van der Waals surface area contributed by atoms with Crippen LogP contribution in [-0.4, -0.2) is 58.6 Å². The molecule has 6 heteroatoms. The van der Waals surface area contributed by atoms with E-state index in [0.29, 0.717) is 5.82 Å². The molecule has 0 saturated carbocycles. The number of carboxylic acid groups (broad SMARTS) is 1. The van der Waals surface area contributed by atoms with Crippen molar-refractivity contribution in [2.24, 2.45) is 0 Å². The van der Waals surface area contributed by atoms with Crippen LogP contribution in [-0.2, 0) is 0 Å². The van der Waals surface area contributed by atoms with Crippen LogP contribution in [0.15, 0.2) is 12.1 Å². The summed E-state index contributed by atoms with van der Waals surface area (Å²) in [6.45, 7) is 5.73. The van der Waals surface area contributed by atoms with Gasteiger partial charge in [-0.3, -0.25) is 4.90 Å². The molecule has 0 unspecified atom stereocenters. The van der Waals surface area contributed by atoms with Crippen molar-refractivity contribution in [1.82, 2.24) is 9.88 Å². The summed E-state index contributed by atoms with van der Waals surface area (Å²) in [7, 11) is 0. The summed E-state index contributed by atoms with van der Waals surface area (Å²) in [6, 6.07) is 3.32. The highest BCUT2D eigenvalue weighted by atomic mass is 32.2. The average molecular weight is 281 g/mol. The summed E-state index contributed by atoms with van der Waals surface area (Å²) in [5.41, 5.74) is 1.06. The van der Waals surface area contributed by atoms with E-state index in [-0.39, 0.29) is 5.56 Å². The number of carbonyl (C=O) groups is 1. The van der Waals surface area contributed by atoms with Crippen LogP contribution in [0, 0.1) is 6.92 Å². The van der Waals surface area contributed by atoms with Crippen LogP contribution in [0.4, 0.5) is 5.82 Å². The quantitative estimate of drug-likeness (QED) is 0.853. The second-order valence-corrected chi connectivity index (χ2v) is 5.76. The fourth-order valence-corrected chi connectivity index (χ4v) is 3.00. The predicted molar refractivity (Wildman–Crippen MR) is 78.2 cm³/mol. The van der Waals surface area contributed by atoms with Crippen LogP contribution in [0.1, 0.15) is 16.1 Å². The van der Waals surface area contributed by atoms with Crippen molar-refractivity contribution < 1.29 is 9.90 Å². The molecular weight excluding hydrogens is 262 g/mol. The smallest absolute Gasteiger partial charge is 0.339 e. The van der Waals surface area contributed by atoms with Gasteiger partial charge in [0, 0.05) is 43.4 Å². The first-order chi connectivity index (χ1) is 9.16. The summed E-state index contributed by atoms with van der Waals surface area (Å²) in [6.07, 6.45) is 0. The van der Waals surface area contributed by atoms with E-state index >= 15 is 0 Å². The first-order valence-electron chi connectivity index (χ1n) is 6.42. The van der Waals surface area contributed by atoms with Crippen LogP contribution < -0.4 is 5.32 Å². The molecule has 1 fully saturated rings. The maximum atomic E-state index is 11.1. The van der Waals surface area contributed by atoms with E-state index in [9.17, 15) is 4.79 Å². The summed E-state index contributed by atoms with van der Waals surface area (Å²) in [5, 5.41) is 12.3. The van der Waals surface area contributed by atoms with Gasteiger partial charge < -0.3 is 10.4 Å². The Kier molecular flexibility index (Phi) is 5.04. The van der Waals surface area contributed by atoms with Crippen molar-refractivity contribution in [1.29, 1.82) is 0 Å². The first kappa shape index (κ1) is 14.1. The van der Waals surface area contributed by atoms with Gasteiger partial charge in [-0.15, -0.1) is 0 Å². The Morgan fingerprint density at radius 3 is 2.89 bits per heavy atom. The Labute approximate surface area is 117 Å². The molecule has 2 rings (SSSR count). The minimum absolute atomic E-state index is 0.236. The number of aryl methyl sites for hydroxylation is 1. The first-order valence-corrected chi connectivity index (χ1v) is 7.57. The molecular formula is C13H19N3O2S. The summed E-state index contributed by atoms with van der Waals surface area (Å²) in [4.78, 5) is 17.8. The second-order valence-electron chi connectivity index (χ2n) is 4.53. The van der Waals surface area contributed by atoms with Gasteiger partial charge >= 0.3 is 5.97 Å². The Hall–Kier alpha value is -1.27. The highest BCUT2D eigenvalue weighted by Crippen LogP contribution is 2.13. The molecule has 2 heterocycles. The van der Waals surface area contributed by atoms with Gasteiger partial charge in [-0.05, 0) is 19.1 Å². The number of rotatable bonds is 5. The Morgan fingerprint density at radius 1 is 1.47 bits per heavy atom. The van der Waals surface area contributed by atoms with Gasteiger partial charge in [-0.1, -0.05) is 0 Å². The summed E-state index contributed by atoms with van der Waals surface area (Å²) < 4.78 is 0. The van der Waals surface area contributed by atoms with Gasteiger partial charge in [0.05, 0.1) is 0 Å². The molecule has 1 saturated heterocycles. The molecule has 0 atom stereocenters. The Balaban J connectivity index is 1.91. The van der Waals surface area contributed by atoms with Gasteiger partial charge in [0.15, 0.2) is 0 Å². The largest absolute Gasteiger partial charge is 0.478 e. The summed E-state index contributed by atoms with van der Waals surface area (Å²) >= 11 is 1.98. The van der Waals surface area contributed by atoms with E-state index in [2.05, 4.69) is 15.2 Å². The minimum Gasteiger partial charge on any atom is -0.478 e. The van der Waals surface area contributed by atoms with E-state index < -0.39 is 5.97 Å². The fourth-order valence-electron chi connectivity index (χ4n) is 2.02. The van der Waals surface area contributed by atoms with Crippen molar-refractivity contribution in [3.8, 4) is 0 Å². The number of pyridine rings is 1. The van der Waals surface area contributed by atoms with E-state index in [1.165, 1.54) is 11.5 Å². The number of aromatic nitrogens is 1. The molecule has 1 aliphatic rings. The number of hydrogen-bond acceptors (Lipinski definition) is 5. The summed E-state index contributed by atoms with van der Waals surface area (Å²) in [5.74, 6) is 1.90. The molecule has 5 nitrogen and oxygen atoms in total. The third-order valence-corrected chi connectivity index (χ3v) is 4.03. The molecule has 19 heavy (non-hydrogen) atoms. The molecule has 0 bridgehead atoms. The van der Waals surface area contributed by atoms with Gasteiger partial charge in [0.1, 0.15) is 11.4 Å². The number of hydrogen-bond donors (Lipinski definition) is 2. The van der Waals surface area contributed by atoms with Crippen LogP contribution in [0.3, 0.4) is 0 Å². The van der Waals surface area contributed by atoms with Gasteiger partial charge in [0.25, 0.3) is 0 Å². The van der Waals surface area contributed by atoms with E-state index in [1.807, 2.05) is 18.7 Å². The second kappa shape index (κ2) is 6.77. The van der Waals surface area contributed by atoms with Crippen molar-refractivity contribution in [3.63, 3.8) is 0 Å². The Morgan fingerprint density at radius 2 is 2.21 bits per heavy atom. The van der Waals surface area contributed by atoms with Crippen LogP contribution in [0.25, 0.3) is 0 Å². The zero-order chi connectivity index (χ0) is 13.7. The average Bonchev–Trinajstić information content (AvgIpc) is 2.39. The van der Waals surface area contributed by atoms with E-state index in [4.69, 9.17) is 5.11 Å². The highest BCUT2D eigenvalue weighted by Gasteiger charge is 2.13. The topological polar surface area (TPSA) is 65.5 Å². The number of nitrogens with zero attached hydrogens (tertiary/aromatic N) is 2. The van der Waals surface area contributed by atoms with Crippen molar-refractivity contribution in [2.45, 2.75) is 6.92 Å². The molecule has 0 aliphatic carbocycles. The van der Waals surface area contributed by atoms with Crippen molar-refractivity contribution in [3.05, 3.63) is 23.4 Å². The molecule has 0 amide bonds. The fraction of sp³-hybridized carbons (Fsp3) is 0.538. The number of thioether (sulfide) groups is 1. The lowest BCUT2D eigenvalue weighted by molar-refractivity contribution is 0.0697. The highest BCUT2D eigenvalue weighted by molar-refractivity contribution is 7.99. The molecule has 1 aromatic rings. The van der Waals surface area contributed by atoms with Crippen molar-refractivity contribution in [2.75, 3.05) is 43.0 Å². The predicted octanol–water partition coefficient (Wildman–Crippen LogP) is 1.55. The zero-order valence-electron chi connectivity index (χ0n) is 11.1. The molecule has 1 aliphatic heterocycles.